The molecule has 2 N–H and O–H groups in total. The molecule has 4 nitrogen and oxygen atoms in total. The van der Waals surface area contributed by atoms with Gasteiger partial charge < -0.3 is 10.4 Å². The van der Waals surface area contributed by atoms with E-state index in [-0.39, 0.29) is 12.3 Å². The number of hydrogen-bond donors (Lipinski definition) is 2. The normalized spacial score (nSPS) is 16.7. The predicted octanol–water partition coefficient (Wildman–Crippen LogP) is 1.89. The molecule has 1 saturated heterocycles. The molecule has 1 rings (SSSR count). The van der Waals surface area contributed by atoms with Gasteiger partial charge in [0.05, 0.1) is 0 Å². The molecule has 1 heterocycles. The Balaban J connectivity index is 1.98. The number of hydrogen-bond acceptors (Lipinski definition) is 3. The van der Waals surface area contributed by atoms with Crippen LogP contribution in [-0.2, 0) is 9.59 Å². The van der Waals surface area contributed by atoms with Crippen LogP contribution in [0.2, 0.25) is 0 Å². The van der Waals surface area contributed by atoms with Crippen LogP contribution in [0.1, 0.15) is 38.5 Å². The van der Waals surface area contributed by atoms with Crippen LogP contribution in [0.4, 0.5) is 0 Å². The van der Waals surface area contributed by atoms with Crippen LogP contribution in [0, 0.1) is 5.92 Å². The van der Waals surface area contributed by atoms with E-state index in [2.05, 4.69) is 5.32 Å². The largest absolute Gasteiger partial charge is 0.481 e. The van der Waals surface area contributed by atoms with E-state index in [1.807, 2.05) is 11.8 Å². The van der Waals surface area contributed by atoms with Gasteiger partial charge in [0.2, 0.25) is 5.91 Å². The van der Waals surface area contributed by atoms with E-state index >= 15 is 0 Å². The van der Waals surface area contributed by atoms with E-state index in [9.17, 15) is 9.59 Å². The van der Waals surface area contributed by atoms with Gasteiger partial charge in [-0.2, -0.15) is 11.8 Å². The molecule has 5 heteroatoms. The van der Waals surface area contributed by atoms with Crippen molar-refractivity contribution in [2.75, 3.05) is 18.1 Å². The predicted molar refractivity (Wildman–Crippen MR) is 69.2 cm³/mol. The summed E-state index contributed by atoms with van der Waals surface area (Å²) < 4.78 is 0. The molecule has 0 unspecified atom stereocenters. The van der Waals surface area contributed by atoms with E-state index in [1.165, 1.54) is 11.5 Å². The molecular formula is C12H21NO3S. The van der Waals surface area contributed by atoms with Crippen molar-refractivity contribution in [2.45, 2.75) is 38.5 Å². The van der Waals surface area contributed by atoms with E-state index in [0.717, 1.165) is 19.3 Å². The molecule has 0 aromatic rings. The van der Waals surface area contributed by atoms with Crippen molar-refractivity contribution in [1.82, 2.24) is 5.32 Å². The zero-order valence-corrected chi connectivity index (χ0v) is 10.9. The summed E-state index contributed by atoms with van der Waals surface area (Å²) in [5, 5.41) is 11.3. The Morgan fingerprint density at radius 1 is 1.24 bits per heavy atom. The van der Waals surface area contributed by atoms with Gasteiger partial charge >= 0.3 is 5.97 Å². The van der Waals surface area contributed by atoms with E-state index in [0.29, 0.717) is 25.3 Å². The zero-order chi connectivity index (χ0) is 12.5. The highest BCUT2D eigenvalue weighted by molar-refractivity contribution is 7.99. The first-order valence-corrected chi connectivity index (χ1v) is 7.40. The second-order valence-electron chi connectivity index (χ2n) is 4.46. The maximum atomic E-state index is 11.6. The van der Waals surface area contributed by atoms with E-state index in [1.54, 1.807) is 0 Å². The molecule has 1 aliphatic rings. The Hall–Kier alpha value is -0.710. The van der Waals surface area contributed by atoms with Crippen LogP contribution in [0.25, 0.3) is 0 Å². The lowest BCUT2D eigenvalue weighted by Gasteiger charge is -2.20. The Morgan fingerprint density at radius 2 is 1.94 bits per heavy atom. The molecule has 98 valence electrons. The Bertz CT molecular complexity index is 252. The number of carboxylic acids is 1. The van der Waals surface area contributed by atoms with Crippen molar-refractivity contribution < 1.29 is 14.7 Å². The van der Waals surface area contributed by atoms with Crippen molar-refractivity contribution in [3.8, 4) is 0 Å². The van der Waals surface area contributed by atoms with Gasteiger partial charge in [-0.05, 0) is 43.1 Å². The minimum Gasteiger partial charge on any atom is -0.481 e. The summed E-state index contributed by atoms with van der Waals surface area (Å²) in [6, 6.07) is 0. The second-order valence-corrected chi connectivity index (χ2v) is 5.69. The minimum atomic E-state index is -0.768. The summed E-state index contributed by atoms with van der Waals surface area (Å²) in [6.45, 7) is 0.605. The van der Waals surface area contributed by atoms with Crippen molar-refractivity contribution >= 4 is 23.6 Å². The fourth-order valence-electron chi connectivity index (χ4n) is 1.91. The van der Waals surface area contributed by atoms with Gasteiger partial charge in [0.15, 0.2) is 0 Å². The molecule has 1 amide bonds. The summed E-state index contributed by atoms with van der Waals surface area (Å²) in [4.78, 5) is 21.8. The lowest BCUT2D eigenvalue weighted by molar-refractivity contribution is -0.137. The number of aliphatic carboxylic acids is 1. The van der Waals surface area contributed by atoms with Crippen LogP contribution in [-0.4, -0.2) is 35.0 Å². The van der Waals surface area contributed by atoms with Gasteiger partial charge in [0, 0.05) is 19.4 Å². The molecule has 0 aliphatic carbocycles. The van der Waals surface area contributed by atoms with E-state index < -0.39 is 5.97 Å². The van der Waals surface area contributed by atoms with Crippen molar-refractivity contribution in [1.29, 1.82) is 0 Å². The summed E-state index contributed by atoms with van der Waals surface area (Å²) in [5.74, 6) is 2.26. The van der Waals surface area contributed by atoms with Crippen LogP contribution in [0.15, 0.2) is 0 Å². The molecule has 0 aromatic carbocycles. The maximum Gasteiger partial charge on any atom is 0.303 e. The highest BCUT2D eigenvalue weighted by atomic mass is 32.2. The van der Waals surface area contributed by atoms with Gasteiger partial charge in [-0.15, -0.1) is 0 Å². The molecule has 17 heavy (non-hydrogen) atoms. The van der Waals surface area contributed by atoms with E-state index in [4.69, 9.17) is 5.11 Å². The fourth-order valence-corrected chi connectivity index (χ4v) is 3.12. The molecule has 0 spiro atoms. The van der Waals surface area contributed by atoms with Crippen molar-refractivity contribution in [3.05, 3.63) is 0 Å². The number of amides is 1. The number of carbonyl (C=O) groups excluding carboxylic acids is 1. The van der Waals surface area contributed by atoms with Gasteiger partial charge in [0.25, 0.3) is 0 Å². The third-order valence-electron chi connectivity index (χ3n) is 2.95. The van der Waals surface area contributed by atoms with Gasteiger partial charge in [-0.3, -0.25) is 9.59 Å². The van der Waals surface area contributed by atoms with Crippen LogP contribution < -0.4 is 5.32 Å². The average Bonchev–Trinajstić information content (AvgIpc) is 2.29. The number of carbonyl (C=O) groups is 2. The molecule has 0 bridgehead atoms. The molecule has 0 radical (unpaired) electrons. The molecule has 0 saturated carbocycles. The van der Waals surface area contributed by atoms with Gasteiger partial charge in [0.1, 0.15) is 0 Å². The monoisotopic (exact) mass is 259 g/mol. The first-order chi connectivity index (χ1) is 8.18. The molecule has 0 atom stereocenters. The number of carboxylic acid groups (broad SMARTS) is 1. The van der Waals surface area contributed by atoms with Crippen molar-refractivity contribution in [2.24, 2.45) is 5.92 Å². The standard InChI is InChI=1S/C12H21NO3S/c14-11(9-10-4-7-17-8-5-10)13-6-2-1-3-12(15)16/h10H,1-9H2,(H,13,14)(H,15,16). The highest BCUT2D eigenvalue weighted by Gasteiger charge is 2.16. The quantitative estimate of drug-likeness (QED) is 0.685. The molecule has 1 fully saturated rings. The Morgan fingerprint density at radius 3 is 2.59 bits per heavy atom. The lowest BCUT2D eigenvalue weighted by atomic mass is 9.98. The van der Waals surface area contributed by atoms with Crippen LogP contribution in [0.5, 0.6) is 0 Å². The topological polar surface area (TPSA) is 66.4 Å². The number of unbranched alkanes of at least 4 members (excludes halogenated alkanes) is 1. The third kappa shape index (κ3) is 7.26. The fraction of sp³-hybridized carbons (Fsp3) is 0.833. The first kappa shape index (κ1) is 14.4. The number of nitrogens with one attached hydrogen (secondary N) is 1. The third-order valence-corrected chi connectivity index (χ3v) is 4.00. The Kier molecular flexibility index (Phi) is 7.08. The number of rotatable bonds is 7. The first-order valence-electron chi connectivity index (χ1n) is 6.24. The summed E-state index contributed by atoms with van der Waals surface area (Å²) >= 11 is 1.97. The number of thioether (sulfide) groups is 1. The smallest absolute Gasteiger partial charge is 0.303 e. The average molecular weight is 259 g/mol. The zero-order valence-electron chi connectivity index (χ0n) is 10.1. The lowest BCUT2D eigenvalue weighted by Crippen LogP contribution is -2.27. The SMILES string of the molecule is O=C(O)CCCCNC(=O)CC1CCSCC1. The summed E-state index contributed by atoms with van der Waals surface area (Å²) in [6.07, 6.45) is 4.51. The van der Waals surface area contributed by atoms with Gasteiger partial charge in [-0.1, -0.05) is 0 Å². The highest BCUT2D eigenvalue weighted by Crippen LogP contribution is 2.24. The second kappa shape index (κ2) is 8.39. The van der Waals surface area contributed by atoms with Crippen LogP contribution in [0.3, 0.4) is 0 Å². The molecule has 0 aromatic heterocycles. The molecular weight excluding hydrogens is 238 g/mol. The van der Waals surface area contributed by atoms with Crippen molar-refractivity contribution in [3.63, 3.8) is 0 Å². The van der Waals surface area contributed by atoms with Crippen LogP contribution >= 0.6 is 11.8 Å². The summed E-state index contributed by atoms with van der Waals surface area (Å²) in [7, 11) is 0. The Labute approximate surface area is 107 Å². The molecule has 1 aliphatic heterocycles. The minimum absolute atomic E-state index is 0.122. The maximum absolute atomic E-state index is 11.6. The summed E-state index contributed by atoms with van der Waals surface area (Å²) in [5.41, 5.74) is 0. The van der Waals surface area contributed by atoms with Gasteiger partial charge in [-0.25, -0.2) is 0 Å².